The summed E-state index contributed by atoms with van der Waals surface area (Å²) in [7, 11) is 0. The van der Waals surface area contributed by atoms with E-state index in [9.17, 15) is 14.7 Å². The number of pyridine rings is 1. The highest BCUT2D eigenvalue weighted by Gasteiger charge is 2.50. The fourth-order valence-electron chi connectivity index (χ4n) is 3.01. The van der Waals surface area contributed by atoms with Crippen LogP contribution in [0.4, 0.5) is 0 Å². The van der Waals surface area contributed by atoms with Gasteiger partial charge in [0.25, 0.3) is 5.91 Å². The molecule has 2 N–H and O–H groups in total. The van der Waals surface area contributed by atoms with E-state index in [1.54, 1.807) is 24.0 Å². The number of benzene rings is 1. The van der Waals surface area contributed by atoms with Crippen LogP contribution in [0.2, 0.25) is 0 Å². The van der Waals surface area contributed by atoms with Crippen molar-refractivity contribution in [3.05, 3.63) is 48.0 Å². The highest BCUT2D eigenvalue weighted by Crippen LogP contribution is 2.45. The van der Waals surface area contributed by atoms with Crippen molar-refractivity contribution in [2.24, 2.45) is 5.41 Å². The molecule has 2 heterocycles. The molecular formula is C18H17N5O3. The molecule has 4 rings (SSSR count). The third kappa shape index (κ3) is 2.59. The van der Waals surface area contributed by atoms with Gasteiger partial charge in [0.1, 0.15) is 0 Å². The molecule has 0 unspecified atom stereocenters. The van der Waals surface area contributed by atoms with Crippen molar-refractivity contribution in [3.8, 4) is 5.69 Å². The van der Waals surface area contributed by atoms with E-state index in [2.05, 4.69) is 20.6 Å². The summed E-state index contributed by atoms with van der Waals surface area (Å²) in [5, 5.41) is 21.9. The van der Waals surface area contributed by atoms with Gasteiger partial charge in [-0.3, -0.25) is 14.6 Å². The van der Waals surface area contributed by atoms with Gasteiger partial charge in [-0.1, -0.05) is 17.3 Å². The Morgan fingerprint density at radius 1 is 1.31 bits per heavy atom. The number of carbonyl (C=O) groups excluding carboxylic acids is 1. The second-order valence-electron chi connectivity index (χ2n) is 6.58. The highest BCUT2D eigenvalue weighted by atomic mass is 16.4. The summed E-state index contributed by atoms with van der Waals surface area (Å²) in [4.78, 5) is 27.8. The number of amides is 1. The Morgan fingerprint density at radius 2 is 2.12 bits per heavy atom. The van der Waals surface area contributed by atoms with E-state index in [1.165, 1.54) is 0 Å². The molecule has 1 fully saturated rings. The van der Waals surface area contributed by atoms with Gasteiger partial charge in [0.2, 0.25) is 0 Å². The Bertz CT molecular complexity index is 1020. The molecule has 0 aliphatic heterocycles. The number of aromatic nitrogens is 4. The summed E-state index contributed by atoms with van der Waals surface area (Å²) in [6.45, 7) is 1.87. The zero-order valence-corrected chi connectivity index (χ0v) is 14.1. The number of carboxylic acid groups (broad SMARTS) is 1. The molecule has 2 aromatic heterocycles. The second-order valence-corrected chi connectivity index (χ2v) is 6.58. The van der Waals surface area contributed by atoms with Crippen LogP contribution >= 0.6 is 0 Å². The van der Waals surface area contributed by atoms with Crippen molar-refractivity contribution in [1.29, 1.82) is 0 Å². The Kier molecular flexibility index (Phi) is 3.68. The normalized spacial score (nSPS) is 15.0. The largest absolute Gasteiger partial charge is 0.481 e. The van der Waals surface area contributed by atoms with Crippen molar-refractivity contribution < 1.29 is 14.7 Å². The maximum absolute atomic E-state index is 12.4. The summed E-state index contributed by atoms with van der Waals surface area (Å²) >= 11 is 0. The van der Waals surface area contributed by atoms with E-state index in [-0.39, 0.29) is 12.2 Å². The quantitative estimate of drug-likeness (QED) is 0.724. The van der Waals surface area contributed by atoms with E-state index in [0.29, 0.717) is 18.5 Å². The first kappa shape index (κ1) is 16.2. The predicted octanol–water partition coefficient (Wildman–Crippen LogP) is 1.72. The van der Waals surface area contributed by atoms with Crippen molar-refractivity contribution in [2.45, 2.75) is 19.8 Å². The number of aliphatic carboxylic acids is 1. The third-order valence-electron chi connectivity index (χ3n) is 4.89. The van der Waals surface area contributed by atoms with E-state index >= 15 is 0 Å². The van der Waals surface area contributed by atoms with Crippen LogP contribution in [0.15, 0.2) is 36.7 Å². The standard InChI is InChI=1S/C18H17N5O3/c1-11-15(16(24)20-10-18(6-7-18)17(25)26)21-22-23(11)14-4-2-3-12-9-19-8-5-13(12)14/h2-5,8-9H,6-7,10H2,1H3,(H,20,24)(H,25,26). The molecule has 8 heteroatoms. The lowest BCUT2D eigenvalue weighted by molar-refractivity contribution is -0.143. The van der Waals surface area contributed by atoms with Gasteiger partial charge in [-0.15, -0.1) is 5.10 Å². The summed E-state index contributed by atoms with van der Waals surface area (Å²) in [5.41, 5.74) is 0.768. The van der Waals surface area contributed by atoms with Crippen LogP contribution in [-0.2, 0) is 4.79 Å². The number of carboxylic acids is 1. The van der Waals surface area contributed by atoms with E-state index in [0.717, 1.165) is 16.5 Å². The lowest BCUT2D eigenvalue weighted by Gasteiger charge is -2.10. The molecule has 0 saturated heterocycles. The Hall–Kier alpha value is -3.29. The molecule has 8 nitrogen and oxygen atoms in total. The minimum Gasteiger partial charge on any atom is -0.481 e. The average molecular weight is 351 g/mol. The minimum atomic E-state index is -0.873. The Labute approximate surface area is 148 Å². The lowest BCUT2D eigenvalue weighted by Crippen LogP contribution is -2.34. The smallest absolute Gasteiger partial charge is 0.311 e. The summed E-state index contributed by atoms with van der Waals surface area (Å²) < 4.78 is 1.61. The maximum atomic E-state index is 12.4. The maximum Gasteiger partial charge on any atom is 0.311 e. The van der Waals surface area contributed by atoms with E-state index in [1.807, 2.05) is 24.3 Å². The molecule has 0 spiro atoms. The van der Waals surface area contributed by atoms with Gasteiger partial charge in [0, 0.05) is 29.7 Å². The number of nitrogens with zero attached hydrogens (tertiary/aromatic N) is 4. The van der Waals surface area contributed by atoms with Crippen molar-refractivity contribution in [3.63, 3.8) is 0 Å². The summed E-state index contributed by atoms with van der Waals surface area (Å²) in [6.07, 6.45) is 4.63. The third-order valence-corrected chi connectivity index (χ3v) is 4.89. The van der Waals surface area contributed by atoms with Crippen LogP contribution in [0.5, 0.6) is 0 Å². The van der Waals surface area contributed by atoms with Gasteiger partial charge < -0.3 is 10.4 Å². The van der Waals surface area contributed by atoms with Crippen molar-refractivity contribution in [2.75, 3.05) is 6.54 Å². The highest BCUT2D eigenvalue weighted by molar-refractivity contribution is 5.94. The molecule has 1 aromatic carbocycles. The average Bonchev–Trinajstić information content (AvgIpc) is 3.36. The van der Waals surface area contributed by atoms with Crippen LogP contribution < -0.4 is 5.32 Å². The zero-order chi connectivity index (χ0) is 18.3. The van der Waals surface area contributed by atoms with Crippen LogP contribution in [0.25, 0.3) is 16.5 Å². The molecule has 1 saturated carbocycles. The molecule has 0 radical (unpaired) electrons. The van der Waals surface area contributed by atoms with Crippen molar-refractivity contribution in [1.82, 2.24) is 25.3 Å². The van der Waals surface area contributed by atoms with Gasteiger partial charge in [-0.05, 0) is 31.9 Å². The van der Waals surface area contributed by atoms with Crippen LogP contribution in [0.3, 0.4) is 0 Å². The zero-order valence-electron chi connectivity index (χ0n) is 14.1. The van der Waals surface area contributed by atoms with Gasteiger partial charge in [0.05, 0.1) is 16.8 Å². The fraction of sp³-hybridized carbons (Fsp3) is 0.278. The molecule has 1 aliphatic carbocycles. The number of fused-ring (bicyclic) bond motifs is 1. The number of rotatable bonds is 5. The van der Waals surface area contributed by atoms with Gasteiger partial charge >= 0.3 is 5.97 Å². The minimum absolute atomic E-state index is 0.105. The van der Waals surface area contributed by atoms with Crippen molar-refractivity contribution >= 4 is 22.6 Å². The molecule has 0 bridgehead atoms. The first-order valence-electron chi connectivity index (χ1n) is 8.29. The summed E-state index contributed by atoms with van der Waals surface area (Å²) in [6, 6.07) is 7.63. The van der Waals surface area contributed by atoms with E-state index < -0.39 is 17.3 Å². The molecule has 26 heavy (non-hydrogen) atoms. The number of hydrogen-bond acceptors (Lipinski definition) is 5. The number of nitrogens with one attached hydrogen (secondary N) is 1. The molecule has 0 atom stereocenters. The van der Waals surface area contributed by atoms with Crippen LogP contribution in [0.1, 0.15) is 29.0 Å². The molecule has 3 aromatic rings. The summed E-state index contributed by atoms with van der Waals surface area (Å²) in [5.74, 6) is -1.29. The second kappa shape index (κ2) is 5.91. The fourth-order valence-corrected chi connectivity index (χ4v) is 3.01. The lowest BCUT2D eigenvalue weighted by atomic mass is 10.1. The van der Waals surface area contributed by atoms with Crippen LogP contribution in [0, 0.1) is 12.3 Å². The molecule has 1 amide bonds. The number of hydrogen-bond donors (Lipinski definition) is 2. The molecular weight excluding hydrogens is 334 g/mol. The topological polar surface area (TPSA) is 110 Å². The van der Waals surface area contributed by atoms with E-state index in [4.69, 9.17) is 0 Å². The number of carbonyl (C=O) groups is 2. The Balaban J connectivity index is 1.62. The molecule has 1 aliphatic rings. The SMILES string of the molecule is Cc1c(C(=O)NCC2(C(=O)O)CC2)nnn1-c1cccc2cnccc12. The van der Waals surface area contributed by atoms with Gasteiger partial charge in [-0.25, -0.2) is 4.68 Å². The monoisotopic (exact) mass is 351 g/mol. The first-order valence-corrected chi connectivity index (χ1v) is 8.29. The Morgan fingerprint density at radius 3 is 2.85 bits per heavy atom. The van der Waals surface area contributed by atoms with Gasteiger partial charge in [-0.2, -0.15) is 0 Å². The first-order chi connectivity index (χ1) is 12.5. The van der Waals surface area contributed by atoms with Crippen LogP contribution in [-0.4, -0.2) is 43.5 Å². The van der Waals surface area contributed by atoms with Gasteiger partial charge in [0.15, 0.2) is 5.69 Å². The predicted molar refractivity (Wildman–Crippen MR) is 93.0 cm³/mol. The molecule has 132 valence electrons.